The van der Waals surface area contributed by atoms with Crippen molar-refractivity contribution in [3.8, 4) is 28.2 Å². The standard InChI is InChI=1S/C22H17N3OS/c1-26-20-10-6-16(7-11-20)4-2-3-5-21-24-22(27-25-21)18-8-9-19-15-23-13-12-17(19)14-18/h6-15H,2,4H2,1H3. The smallest absolute Gasteiger partial charge is 0.217 e. The summed E-state index contributed by atoms with van der Waals surface area (Å²) in [5.41, 5.74) is 2.29. The van der Waals surface area contributed by atoms with Gasteiger partial charge in [0, 0.05) is 29.8 Å². The molecule has 0 spiro atoms. The van der Waals surface area contributed by atoms with Crippen LogP contribution in [0.15, 0.2) is 60.9 Å². The number of hydrogen-bond acceptors (Lipinski definition) is 5. The van der Waals surface area contributed by atoms with Crippen LogP contribution in [0.1, 0.15) is 17.8 Å². The van der Waals surface area contributed by atoms with Gasteiger partial charge in [-0.2, -0.15) is 4.37 Å². The number of fused-ring (bicyclic) bond motifs is 1. The van der Waals surface area contributed by atoms with E-state index in [1.165, 1.54) is 17.1 Å². The summed E-state index contributed by atoms with van der Waals surface area (Å²) < 4.78 is 9.54. The summed E-state index contributed by atoms with van der Waals surface area (Å²) in [6, 6.07) is 16.3. The average molecular weight is 371 g/mol. The van der Waals surface area contributed by atoms with Crippen LogP contribution in [-0.4, -0.2) is 21.5 Å². The SMILES string of the molecule is COc1ccc(CCC#Cc2nsc(-c3ccc4cnccc4c3)n2)cc1. The molecule has 27 heavy (non-hydrogen) atoms. The van der Waals surface area contributed by atoms with Gasteiger partial charge in [-0.3, -0.25) is 4.98 Å². The monoisotopic (exact) mass is 371 g/mol. The lowest BCUT2D eigenvalue weighted by Gasteiger charge is -2.00. The fraction of sp³-hybridized carbons (Fsp3) is 0.136. The zero-order valence-electron chi connectivity index (χ0n) is 14.8. The van der Waals surface area contributed by atoms with E-state index in [1.807, 2.05) is 30.5 Å². The van der Waals surface area contributed by atoms with E-state index in [1.54, 1.807) is 13.3 Å². The molecule has 4 rings (SSSR count). The molecule has 132 valence electrons. The summed E-state index contributed by atoms with van der Waals surface area (Å²) in [4.78, 5) is 8.70. The van der Waals surface area contributed by atoms with Gasteiger partial charge in [0.25, 0.3) is 0 Å². The highest BCUT2D eigenvalue weighted by Gasteiger charge is 2.06. The number of aromatic nitrogens is 3. The first-order valence-electron chi connectivity index (χ1n) is 8.61. The van der Waals surface area contributed by atoms with Gasteiger partial charge in [-0.1, -0.05) is 30.2 Å². The van der Waals surface area contributed by atoms with Crippen molar-refractivity contribution in [2.24, 2.45) is 0 Å². The van der Waals surface area contributed by atoms with Crippen LogP contribution in [-0.2, 0) is 6.42 Å². The Balaban J connectivity index is 1.42. The highest BCUT2D eigenvalue weighted by Crippen LogP contribution is 2.25. The van der Waals surface area contributed by atoms with E-state index >= 15 is 0 Å². The number of hydrogen-bond donors (Lipinski definition) is 0. The lowest BCUT2D eigenvalue weighted by Crippen LogP contribution is -1.86. The highest BCUT2D eigenvalue weighted by molar-refractivity contribution is 7.09. The van der Waals surface area contributed by atoms with Crippen molar-refractivity contribution in [2.75, 3.05) is 7.11 Å². The quantitative estimate of drug-likeness (QED) is 0.486. The van der Waals surface area contributed by atoms with Crippen LogP contribution >= 0.6 is 11.5 Å². The van der Waals surface area contributed by atoms with Gasteiger partial charge in [-0.05, 0) is 59.1 Å². The molecule has 0 bridgehead atoms. The van der Waals surface area contributed by atoms with E-state index in [4.69, 9.17) is 4.74 Å². The van der Waals surface area contributed by atoms with Crippen LogP contribution in [0.3, 0.4) is 0 Å². The largest absolute Gasteiger partial charge is 0.497 e. The third-order valence-electron chi connectivity index (χ3n) is 4.21. The summed E-state index contributed by atoms with van der Waals surface area (Å²) in [5.74, 6) is 7.69. The molecule has 0 radical (unpaired) electrons. The minimum atomic E-state index is 0.583. The van der Waals surface area contributed by atoms with Crippen LogP contribution in [0.25, 0.3) is 21.3 Å². The topological polar surface area (TPSA) is 47.9 Å². The fourth-order valence-electron chi connectivity index (χ4n) is 2.75. The van der Waals surface area contributed by atoms with E-state index in [0.29, 0.717) is 5.82 Å². The van der Waals surface area contributed by atoms with Crippen molar-refractivity contribution >= 4 is 22.3 Å². The predicted octanol–water partition coefficient (Wildman–Crippen LogP) is 4.75. The Kier molecular flexibility index (Phi) is 5.08. The molecule has 4 aromatic rings. The molecule has 0 aliphatic rings. The molecule has 0 fully saturated rings. The minimum absolute atomic E-state index is 0.583. The molecule has 0 saturated carbocycles. The molecule has 0 N–H and O–H groups in total. The summed E-state index contributed by atoms with van der Waals surface area (Å²) in [7, 11) is 1.67. The van der Waals surface area contributed by atoms with Crippen LogP contribution < -0.4 is 4.74 Å². The molecule has 2 aromatic heterocycles. The van der Waals surface area contributed by atoms with Gasteiger partial charge in [0.1, 0.15) is 10.8 Å². The molecular weight excluding hydrogens is 354 g/mol. The normalized spacial score (nSPS) is 10.4. The molecule has 0 aliphatic heterocycles. The van der Waals surface area contributed by atoms with Gasteiger partial charge in [-0.25, -0.2) is 4.98 Å². The fourth-order valence-corrected chi connectivity index (χ4v) is 3.37. The first kappa shape index (κ1) is 17.2. The van der Waals surface area contributed by atoms with Gasteiger partial charge in [0.15, 0.2) is 0 Å². The number of benzene rings is 2. The van der Waals surface area contributed by atoms with E-state index in [2.05, 4.69) is 50.4 Å². The second-order valence-corrected chi connectivity index (χ2v) is 6.76. The Bertz CT molecular complexity index is 1120. The van der Waals surface area contributed by atoms with E-state index in [0.717, 1.165) is 39.9 Å². The minimum Gasteiger partial charge on any atom is -0.497 e. The summed E-state index contributed by atoms with van der Waals surface area (Å²) >= 11 is 1.38. The van der Waals surface area contributed by atoms with Crippen molar-refractivity contribution in [2.45, 2.75) is 12.8 Å². The summed E-state index contributed by atoms with van der Waals surface area (Å²) in [6.07, 6.45) is 5.32. The predicted molar refractivity (Wildman–Crippen MR) is 109 cm³/mol. The van der Waals surface area contributed by atoms with Crippen LogP contribution in [0, 0.1) is 11.8 Å². The van der Waals surface area contributed by atoms with E-state index < -0.39 is 0 Å². The second-order valence-electron chi connectivity index (χ2n) is 6.01. The Morgan fingerprint density at radius 1 is 1.04 bits per heavy atom. The lowest BCUT2D eigenvalue weighted by molar-refractivity contribution is 0.414. The number of pyridine rings is 1. The van der Waals surface area contributed by atoms with Crippen molar-refractivity contribution in [3.05, 3.63) is 72.3 Å². The number of aryl methyl sites for hydroxylation is 1. The maximum Gasteiger partial charge on any atom is 0.217 e. The van der Waals surface area contributed by atoms with Crippen LogP contribution in [0.2, 0.25) is 0 Å². The highest BCUT2D eigenvalue weighted by atomic mass is 32.1. The molecule has 0 unspecified atom stereocenters. The Hall–Kier alpha value is -3.23. The number of nitrogens with zero attached hydrogens (tertiary/aromatic N) is 3. The summed E-state index contributed by atoms with van der Waals surface area (Å²) in [5, 5.41) is 3.14. The maximum atomic E-state index is 5.17. The zero-order chi connectivity index (χ0) is 18.5. The van der Waals surface area contributed by atoms with Crippen LogP contribution in [0.4, 0.5) is 0 Å². The second kappa shape index (κ2) is 7.98. The van der Waals surface area contributed by atoms with Crippen molar-refractivity contribution in [1.29, 1.82) is 0 Å². The molecule has 0 saturated heterocycles. The first-order valence-corrected chi connectivity index (χ1v) is 9.39. The molecule has 0 atom stereocenters. The molecular formula is C22H17N3OS. The molecule has 2 aromatic carbocycles. The van der Waals surface area contributed by atoms with Crippen molar-refractivity contribution < 1.29 is 4.74 Å². The van der Waals surface area contributed by atoms with Gasteiger partial charge >= 0.3 is 0 Å². The average Bonchev–Trinajstić information content (AvgIpc) is 3.20. The Labute approximate surface area is 162 Å². The van der Waals surface area contributed by atoms with Gasteiger partial charge < -0.3 is 4.74 Å². The number of rotatable bonds is 4. The van der Waals surface area contributed by atoms with E-state index in [-0.39, 0.29) is 0 Å². The Morgan fingerprint density at radius 3 is 2.78 bits per heavy atom. The molecule has 0 aliphatic carbocycles. The molecule has 2 heterocycles. The Morgan fingerprint density at radius 2 is 1.93 bits per heavy atom. The summed E-state index contributed by atoms with van der Waals surface area (Å²) in [6.45, 7) is 0. The van der Waals surface area contributed by atoms with Gasteiger partial charge in [0.05, 0.1) is 7.11 Å². The van der Waals surface area contributed by atoms with Crippen molar-refractivity contribution in [1.82, 2.24) is 14.3 Å². The van der Waals surface area contributed by atoms with Crippen molar-refractivity contribution in [3.63, 3.8) is 0 Å². The number of methoxy groups -OCH3 is 1. The zero-order valence-corrected chi connectivity index (χ0v) is 15.7. The molecule has 4 nitrogen and oxygen atoms in total. The van der Waals surface area contributed by atoms with Gasteiger partial charge in [0.2, 0.25) is 5.82 Å². The third-order valence-corrected chi connectivity index (χ3v) is 4.98. The van der Waals surface area contributed by atoms with Gasteiger partial charge in [-0.15, -0.1) is 0 Å². The molecule has 0 amide bonds. The number of ether oxygens (including phenoxy) is 1. The maximum absolute atomic E-state index is 5.17. The molecule has 5 heteroatoms. The first-order chi connectivity index (χ1) is 13.3. The lowest BCUT2D eigenvalue weighted by atomic mass is 10.1. The van der Waals surface area contributed by atoms with E-state index in [9.17, 15) is 0 Å². The third kappa shape index (κ3) is 4.13. The van der Waals surface area contributed by atoms with Crippen LogP contribution in [0.5, 0.6) is 5.75 Å².